The van der Waals surface area contributed by atoms with Crippen molar-refractivity contribution >= 4 is 5.91 Å². The highest BCUT2D eigenvalue weighted by molar-refractivity contribution is 5.81. The smallest absolute Gasteiger partial charge is 0.239 e. The zero-order chi connectivity index (χ0) is 15.2. The van der Waals surface area contributed by atoms with E-state index in [9.17, 15) is 9.18 Å². The van der Waals surface area contributed by atoms with E-state index in [0.717, 1.165) is 11.1 Å². The summed E-state index contributed by atoms with van der Waals surface area (Å²) in [6, 6.07) is 15.3. The molecule has 1 atom stereocenters. The van der Waals surface area contributed by atoms with Crippen LogP contribution in [-0.4, -0.2) is 23.9 Å². The third-order valence-corrected chi connectivity index (χ3v) is 3.30. The number of hydrogen-bond donors (Lipinski definition) is 1. The van der Waals surface area contributed by atoms with E-state index in [1.165, 1.54) is 17.0 Å². The van der Waals surface area contributed by atoms with Crippen LogP contribution in [0.25, 0.3) is 0 Å². The lowest BCUT2D eigenvalue weighted by Crippen LogP contribution is -2.42. The fourth-order valence-electron chi connectivity index (χ4n) is 2.23. The van der Waals surface area contributed by atoms with Gasteiger partial charge in [-0.3, -0.25) is 4.79 Å². The zero-order valence-electron chi connectivity index (χ0n) is 12.0. The predicted molar refractivity (Wildman–Crippen MR) is 81.0 cm³/mol. The predicted octanol–water partition coefficient (Wildman–Crippen LogP) is 2.35. The van der Waals surface area contributed by atoms with E-state index in [-0.39, 0.29) is 11.7 Å². The fraction of sp³-hybridized carbons (Fsp3) is 0.235. The molecular weight excluding hydrogens is 267 g/mol. The highest BCUT2D eigenvalue weighted by Gasteiger charge is 2.18. The van der Waals surface area contributed by atoms with Crippen molar-refractivity contribution in [1.29, 1.82) is 0 Å². The molecule has 0 heterocycles. The number of nitrogens with zero attached hydrogens (tertiary/aromatic N) is 1. The third kappa shape index (κ3) is 4.39. The van der Waals surface area contributed by atoms with Crippen LogP contribution in [-0.2, 0) is 17.8 Å². The van der Waals surface area contributed by atoms with Gasteiger partial charge >= 0.3 is 0 Å². The molecular formula is C17H19FN2O. The van der Waals surface area contributed by atoms with E-state index < -0.39 is 6.04 Å². The molecule has 0 fully saturated rings. The number of nitrogens with two attached hydrogens (primary N) is 1. The van der Waals surface area contributed by atoms with Crippen LogP contribution in [0.15, 0.2) is 54.6 Å². The zero-order valence-corrected chi connectivity index (χ0v) is 12.0. The number of rotatable bonds is 5. The summed E-state index contributed by atoms with van der Waals surface area (Å²) in [5.41, 5.74) is 7.74. The van der Waals surface area contributed by atoms with Gasteiger partial charge in [0.25, 0.3) is 0 Å². The highest BCUT2D eigenvalue weighted by atomic mass is 19.1. The van der Waals surface area contributed by atoms with Gasteiger partial charge in [0.1, 0.15) is 5.82 Å². The molecule has 0 aliphatic rings. The quantitative estimate of drug-likeness (QED) is 0.917. The van der Waals surface area contributed by atoms with Crippen molar-refractivity contribution < 1.29 is 9.18 Å². The molecule has 2 rings (SSSR count). The Balaban J connectivity index is 1.95. The van der Waals surface area contributed by atoms with Gasteiger partial charge in [0.05, 0.1) is 6.04 Å². The minimum Gasteiger partial charge on any atom is -0.340 e. The van der Waals surface area contributed by atoms with Gasteiger partial charge in [0, 0.05) is 13.6 Å². The van der Waals surface area contributed by atoms with E-state index in [1.807, 2.05) is 30.3 Å². The number of carbonyl (C=O) groups is 1. The Hall–Kier alpha value is -2.20. The molecule has 0 saturated heterocycles. The Morgan fingerprint density at radius 3 is 2.48 bits per heavy atom. The largest absolute Gasteiger partial charge is 0.340 e. The second kappa shape index (κ2) is 6.99. The van der Waals surface area contributed by atoms with E-state index in [2.05, 4.69) is 0 Å². The molecule has 0 aliphatic heterocycles. The Morgan fingerprint density at radius 1 is 1.14 bits per heavy atom. The molecule has 0 bridgehead atoms. The minimum absolute atomic E-state index is 0.150. The van der Waals surface area contributed by atoms with Crippen molar-refractivity contribution in [3.8, 4) is 0 Å². The van der Waals surface area contributed by atoms with Gasteiger partial charge in [-0.2, -0.15) is 0 Å². The van der Waals surface area contributed by atoms with Crippen LogP contribution < -0.4 is 5.73 Å². The molecule has 0 unspecified atom stereocenters. The summed E-state index contributed by atoms with van der Waals surface area (Å²) in [7, 11) is 1.68. The highest BCUT2D eigenvalue weighted by Crippen LogP contribution is 2.09. The van der Waals surface area contributed by atoms with Crippen molar-refractivity contribution in [2.75, 3.05) is 7.05 Å². The lowest BCUT2D eigenvalue weighted by Gasteiger charge is -2.21. The third-order valence-electron chi connectivity index (χ3n) is 3.30. The van der Waals surface area contributed by atoms with E-state index in [0.29, 0.717) is 13.0 Å². The number of likely N-dealkylation sites (N-methyl/N-ethyl adjacent to an activating group) is 1. The van der Waals surface area contributed by atoms with Gasteiger partial charge in [-0.05, 0) is 29.7 Å². The fourth-order valence-corrected chi connectivity index (χ4v) is 2.23. The first-order chi connectivity index (χ1) is 10.1. The molecule has 3 nitrogen and oxygen atoms in total. The molecule has 0 aliphatic carbocycles. The maximum absolute atomic E-state index is 13.1. The number of benzene rings is 2. The summed E-state index contributed by atoms with van der Waals surface area (Å²) in [5, 5.41) is 0. The molecule has 1 amide bonds. The van der Waals surface area contributed by atoms with Gasteiger partial charge < -0.3 is 10.6 Å². The molecule has 2 aromatic rings. The van der Waals surface area contributed by atoms with Crippen LogP contribution >= 0.6 is 0 Å². The molecule has 110 valence electrons. The summed E-state index contributed by atoms with van der Waals surface area (Å²) in [4.78, 5) is 13.8. The number of amides is 1. The van der Waals surface area contributed by atoms with Gasteiger partial charge in [-0.15, -0.1) is 0 Å². The topological polar surface area (TPSA) is 46.3 Å². The van der Waals surface area contributed by atoms with E-state index >= 15 is 0 Å². The van der Waals surface area contributed by atoms with Gasteiger partial charge in [0.15, 0.2) is 0 Å². The van der Waals surface area contributed by atoms with Crippen LogP contribution in [0.5, 0.6) is 0 Å². The van der Waals surface area contributed by atoms with Crippen molar-refractivity contribution in [3.05, 3.63) is 71.5 Å². The van der Waals surface area contributed by atoms with Crippen LogP contribution in [0.1, 0.15) is 11.1 Å². The number of carbonyl (C=O) groups excluding carboxylic acids is 1. The Labute approximate surface area is 124 Å². The molecule has 0 aromatic heterocycles. The lowest BCUT2D eigenvalue weighted by atomic mass is 10.1. The minimum atomic E-state index is -0.592. The maximum Gasteiger partial charge on any atom is 0.239 e. The van der Waals surface area contributed by atoms with Crippen LogP contribution in [0.2, 0.25) is 0 Å². The molecule has 0 saturated carbocycles. The Bertz CT molecular complexity index is 601. The molecule has 2 N–H and O–H groups in total. The first-order valence-electron chi connectivity index (χ1n) is 6.85. The monoisotopic (exact) mass is 286 g/mol. The van der Waals surface area contributed by atoms with Gasteiger partial charge in [-0.25, -0.2) is 4.39 Å². The first kappa shape index (κ1) is 15.2. The molecule has 0 radical (unpaired) electrons. The molecule has 21 heavy (non-hydrogen) atoms. The summed E-state index contributed by atoms with van der Waals surface area (Å²) >= 11 is 0. The Morgan fingerprint density at radius 2 is 1.81 bits per heavy atom. The summed E-state index contributed by atoms with van der Waals surface area (Å²) < 4.78 is 13.1. The SMILES string of the molecule is CN(Cc1cccc(F)c1)C(=O)[C@H](N)Cc1ccccc1. The average Bonchev–Trinajstić information content (AvgIpc) is 2.47. The second-order valence-corrected chi connectivity index (χ2v) is 5.12. The van der Waals surface area contributed by atoms with Crippen LogP contribution in [0.4, 0.5) is 4.39 Å². The molecule has 2 aromatic carbocycles. The lowest BCUT2D eigenvalue weighted by molar-refractivity contribution is -0.131. The maximum atomic E-state index is 13.1. The normalized spacial score (nSPS) is 12.0. The van der Waals surface area contributed by atoms with Gasteiger partial charge in [0.2, 0.25) is 5.91 Å². The van der Waals surface area contributed by atoms with Gasteiger partial charge in [-0.1, -0.05) is 42.5 Å². The second-order valence-electron chi connectivity index (χ2n) is 5.12. The van der Waals surface area contributed by atoms with Crippen molar-refractivity contribution in [2.24, 2.45) is 5.73 Å². The van der Waals surface area contributed by atoms with Crippen LogP contribution in [0, 0.1) is 5.82 Å². The van der Waals surface area contributed by atoms with Crippen molar-refractivity contribution in [2.45, 2.75) is 19.0 Å². The van der Waals surface area contributed by atoms with Crippen molar-refractivity contribution in [3.63, 3.8) is 0 Å². The summed E-state index contributed by atoms with van der Waals surface area (Å²) in [6.07, 6.45) is 0.493. The summed E-state index contributed by atoms with van der Waals surface area (Å²) in [6.45, 7) is 0.346. The Kier molecular flexibility index (Phi) is 5.06. The van der Waals surface area contributed by atoms with Crippen molar-refractivity contribution in [1.82, 2.24) is 4.90 Å². The van der Waals surface area contributed by atoms with E-state index in [4.69, 9.17) is 5.73 Å². The molecule has 4 heteroatoms. The number of halogens is 1. The molecule has 0 spiro atoms. The standard InChI is InChI=1S/C17H19FN2O/c1-20(12-14-8-5-9-15(18)10-14)17(21)16(19)11-13-6-3-2-4-7-13/h2-10,16H,11-12,19H2,1H3/t16-/m1/s1. The van der Waals surface area contributed by atoms with Crippen LogP contribution in [0.3, 0.4) is 0 Å². The van der Waals surface area contributed by atoms with E-state index in [1.54, 1.807) is 19.2 Å². The number of hydrogen-bond acceptors (Lipinski definition) is 2. The first-order valence-corrected chi connectivity index (χ1v) is 6.85. The summed E-state index contributed by atoms with van der Waals surface area (Å²) in [5.74, 6) is -0.454. The average molecular weight is 286 g/mol.